The summed E-state index contributed by atoms with van der Waals surface area (Å²) in [6, 6.07) is 12.2. The molecule has 0 bridgehead atoms. The third-order valence-electron chi connectivity index (χ3n) is 8.05. The van der Waals surface area contributed by atoms with Gasteiger partial charge in [-0.3, -0.25) is 14.5 Å². The minimum Gasteiger partial charge on any atom is -0.380 e. The van der Waals surface area contributed by atoms with Gasteiger partial charge in [-0.2, -0.15) is 13.2 Å². The zero-order valence-electron chi connectivity index (χ0n) is 21.5. The Kier molecular flexibility index (Phi) is 7.81. The van der Waals surface area contributed by atoms with Crippen molar-refractivity contribution < 1.29 is 27.9 Å². The van der Waals surface area contributed by atoms with Gasteiger partial charge in [-0.05, 0) is 43.9 Å². The fourth-order valence-electron chi connectivity index (χ4n) is 5.76. The molecular weight excluding hydrogens is 533 g/mol. The minimum atomic E-state index is -5.14. The predicted octanol–water partition coefficient (Wildman–Crippen LogP) is 4.11. The zero-order chi connectivity index (χ0) is 27.8. The third-order valence-corrected chi connectivity index (χ3v) is 8.37. The first kappa shape index (κ1) is 27.7. The van der Waals surface area contributed by atoms with Crippen LogP contribution in [0.3, 0.4) is 0 Å². The zero-order valence-corrected chi connectivity index (χ0v) is 22.2. The van der Waals surface area contributed by atoms with E-state index in [0.717, 1.165) is 61.7 Å². The average molecular weight is 565 g/mol. The molecule has 5 rings (SSSR count). The Morgan fingerprint density at radius 2 is 1.56 bits per heavy atom. The van der Waals surface area contributed by atoms with Gasteiger partial charge in [0, 0.05) is 56.6 Å². The van der Waals surface area contributed by atoms with E-state index in [-0.39, 0.29) is 31.1 Å². The van der Waals surface area contributed by atoms with Gasteiger partial charge in [0.25, 0.3) is 17.4 Å². The van der Waals surface area contributed by atoms with Gasteiger partial charge in [0.05, 0.1) is 16.6 Å². The largest absolute Gasteiger partial charge is 0.430 e. The number of hydrogen-bond acceptors (Lipinski definition) is 5. The van der Waals surface area contributed by atoms with Crippen LogP contribution in [0.2, 0.25) is 5.02 Å². The molecule has 2 aromatic rings. The molecule has 0 saturated carbocycles. The van der Waals surface area contributed by atoms with Crippen LogP contribution in [0, 0.1) is 0 Å². The molecule has 3 fully saturated rings. The normalized spacial score (nSPS) is 20.9. The smallest absolute Gasteiger partial charge is 0.380 e. The van der Waals surface area contributed by atoms with Gasteiger partial charge in [0.2, 0.25) is 0 Å². The Morgan fingerprint density at radius 1 is 0.923 bits per heavy atom. The number of rotatable bonds is 6. The molecule has 0 unspecified atom stereocenters. The molecule has 0 aliphatic carbocycles. The van der Waals surface area contributed by atoms with Gasteiger partial charge in [-0.1, -0.05) is 41.9 Å². The molecule has 2 aromatic carbocycles. The predicted molar refractivity (Wildman–Crippen MR) is 142 cm³/mol. The highest BCUT2D eigenvalue weighted by molar-refractivity contribution is 6.34. The highest BCUT2D eigenvalue weighted by Crippen LogP contribution is 2.41. The third kappa shape index (κ3) is 5.47. The van der Waals surface area contributed by atoms with Crippen molar-refractivity contribution in [3.05, 3.63) is 64.7 Å². The molecule has 3 aliphatic rings. The molecule has 2 amide bonds. The Morgan fingerprint density at radius 3 is 2.15 bits per heavy atom. The van der Waals surface area contributed by atoms with E-state index in [1.165, 1.54) is 18.2 Å². The summed E-state index contributed by atoms with van der Waals surface area (Å²) in [6.45, 7) is 3.31. The van der Waals surface area contributed by atoms with E-state index in [1.807, 2.05) is 11.0 Å². The number of carbonyl (C=O) groups excluding carboxylic acids is 2. The van der Waals surface area contributed by atoms with E-state index >= 15 is 0 Å². The molecule has 11 heteroatoms. The summed E-state index contributed by atoms with van der Waals surface area (Å²) in [4.78, 5) is 30.8. The van der Waals surface area contributed by atoms with Gasteiger partial charge in [-0.15, -0.1) is 0 Å². The van der Waals surface area contributed by atoms with E-state index in [9.17, 15) is 27.9 Å². The van der Waals surface area contributed by atoms with Crippen LogP contribution < -0.4 is 5.32 Å². The number of aliphatic hydroxyl groups is 1. The first-order valence-corrected chi connectivity index (χ1v) is 13.7. The summed E-state index contributed by atoms with van der Waals surface area (Å²) in [5, 5.41) is 14.5. The molecule has 3 saturated heterocycles. The van der Waals surface area contributed by atoms with Crippen LogP contribution >= 0.6 is 11.6 Å². The number of likely N-dealkylation sites (tertiary alicyclic amines) is 3. The van der Waals surface area contributed by atoms with Crippen LogP contribution in [0.25, 0.3) is 0 Å². The average Bonchev–Trinajstić information content (AvgIpc) is 3.44. The molecule has 7 nitrogen and oxygen atoms in total. The molecular formula is C28H32ClF3N4O3. The van der Waals surface area contributed by atoms with E-state index in [1.54, 1.807) is 12.1 Å². The summed E-state index contributed by atoms with van der Waals surface area (Å²) in [5.41, 5.74) is -2.71. The van der Waals surface area contributed by atoms with Crippen molar-refractivity contribution in [2.75, 3.05) is 44.6 Å². The lowest BCUT2D eigenvalue weighted by atomic mass is 9.89. The molecule has 2 N–H and O–H groups in total. The summed E-state index contributed by atoms with van der Waals surface area (Å²) in [5.74, 6) is -1.37. The summed E-state index contributed by atoms with van der Waals surface area (Å²) in [6.07, 6.45) is -2.05. The second kappa shape index (κ2) is 11.0. The maximum Gasteiger partial charge on any atom is 0.430 e. The number of anilines is 1. The molecule has 39 heavy (non-hydrogen) atoms. The molecule has 0 radical (unpaired) electrons. The highest BCUT2D eigenvalue weighted by Gasteiger charge is 2.62. The lowest BCUT2D eigenvalue weighted by Crippen LogP contribution is -2.62. The number of amides is 2. The summed E-state index contributed by atoms with van der Waals surface area (Å²) in [7, 11) is 0. The fourth-order valence-corrected chi connectivity index (χ4v) is 6.02. The number of piperidine rings is 1. The minimum absolute atomic E-state index is 0.0406. The number of alkyl halides is 3. The number of carbonyl (C=O) groups is 2. The van der Waals surface area contributed by atoms with Crippen LogP contribution in [-0.4, -0.2) is 89.1 Å². The second-order valence-electron chi connectivity index (χ2n) is 10.6. The number of nitrogens with one attached hydrogen (secondary N) is 1. The van der Waals surface area contributed by atoms with E-state index < -0.39 is 23.2 Å². The molecule has 1 atom stereocenters. The molecule has 0 aromatic heterocycles. The van der Waals surface area contributed by atoms with Crippen molar-refractivity contribution in [3.63, 3.8) is 0 Å². The van der Waals surface area contributed by atoms with Crippen molar-refractivity contribution in [1.29, 1.82) is 0 Å². The van der Waals surface area contributed by atoms with Gasteiger partial charge >= 0.3 is 6.18 Å². The Balaban J connectivity index is 1.12. The van der Waals surface area contributed by atoms with Crippen molar-refractivity contribution in [1.82, 2.24) is 14.7 Å². The molecule has 0 spiro atoms. The number of hydrogen-bond donors (Lipinski definition) is 2. The highest BCUT2D eigenvalue weighted by atomic mass is 35.5. The van der Waals surface area contributed by atoms with E-state index in [0.29, 0.717) is 23.4 Å². The van der Waals surface area contributed by atoms with Crippen molar-refractivity contribution >= 4 is 29.1 Å². The molecule has 3 heterocycles. The van der Waals surface area contributed by atoms with Crippen molar-refractivity contribution in [2.24, 2.45) is 0 Å². The van der Waals surface area contributed by atoms with Crippen LogP contribution in [0.5, 0.6) is 0 Å². The van der Waals surface area contributed by atoms with Crippen molar-refractivity contribution in [2.45, 2.75) is 49.5 Å². The van der Waals surface area contributed by atoms with Crippen LogP contribution in [0.4, 0.5) is 18.9 Å². The summed E-state index contributed by atoms with van der Waals surface area (Å²) >= 11 is 6.42. The Labute approximate surface area is 230 Å². The lowest BCUT2D eigenvalue weighted by Gasteiger charge is -2.48. The van der Waals surface area contributed by atoms with Crippen molar-refractivity contribution in [3.8, 4) is 0 Å². The first-order valence-electron chi connectivity index (χ1n) is 13.3. The Bertz CT molecular complexity index is 1190. The second-order valence-corrected chi connectivity index (χ2v) is 11.0. The van der Waals surface area contributed by atoms with Crippen LogP contribution in [0.15, 0.2) is 48.5 Å². The standard InChI is InChI=1S/C28H32ClF3N4O3/c29-24-16-20(8-9-23(24)25(37)34-12-4-5-13-34)33-21-17-36(18-21)22-10-14-35(15-11-22)26(38)27(39,28(30,31)32)19-6-2-1-3-7-19/h1-3,6-9,16,21-22,33,39H,4-5,10-15,17-18H2/t27-/m1/s1. The lowest BCUT2D eigenvalue weighted by molar-refractivity contribution is -0.262. The SMILES string of the molecule is O=C(c1ccc(NC2CN(C3CCN(C(=O)[C@](O)(c4ccccc4)C(F)(F)F)CC3)C2)cc1Cl)N1CCCC1. The number of halogens is 4. The van der Waals surface area contributed by atoms with Gasteiger partial charge < -0.3 is 20.2 Å². The Hall–Kier alpha value is -2.82. The fraction of sp³-hybridized carbons (Fsp3) is 0.500. The van der Waals surface area contributed by atoms with Gasteiger partial charge in [0.1, 0.15) is 0 Å². The topological polar surface area (TPSA) is 76.1 Å². The maximum absolute atomic E-state index is 13.9. The quantitative estimate of drug-likeness (QED) is 0.552. The molecule has 3 aliphatic heterocycles. The summed E-state index contributed by atoms with van der Waals surface area (Å²) < 4.78 is 41.7. The number of nitrogens with zero attached hydrogens (tertiary/aromatic N) is 3. The van der Waals surface area contributed by atoms with Gasteiger partial charge in [0.15, 0.2) is 0 Å². The first-order chi connectivity index (χ1) is 18.6. The van der Waals surface area contributed by atoms with Crippen LogP contribution in [-0.2, 0) is 10.4 Å². The number of benzene rings is 2. The van der Waals surface area contributed by atoms with Crippen LogP contribution in [0.1, 0.15) is 41.6 Å². The van der Waals surface area contributed by atoms with E-state index in [2.05, 4.69) is 10.2 Å². The monoisotopic (exact) mass is 564 g/mol. The van der Waals surface area contributed by atoms with E-state index in [4.69, 9.17) is 11.6 Å². The molecule has 210 valence electrons. The van der Waals surface area contributed by atoms with Gasteiger partial charge in [-0.25, -0.2) is 0 Å². The maximum atomic E-state index is 13.9.